The number of benzene rings is 1. The number of nitrogens with one attached hydrogen (secondary N) is 1. The molecule has 1 N–H and O–H groups in total. The Morgan fingerprint density at radius 3 is 2.67 bits per heavy atom. The van der Waals surface area contributed by atoms with E-state index in [4.69, 9.17) is 4.74 Å². The normalized spacial score (nSPS) is 11.6. The Morgan fingerprint density at radius 1 is 1.33 bits per heavy atom. The van der Waals surface area contributed by atoms with Crippen LogP contribution in [0, 0.1) is 0 Å². The van der Waals surface area contributed by atoms with Gasteiger partial charge in [0.15, 0.2) is 0 Å². The van der Waals surface area contributed by atoms with Gasteiger partial charge in [0.25, 0.3) is 0 Å². The first-order valence-electron chi connectivity index (χ1n) is 5.52. The van der Waals surface area contributed by atoms with Crippen molar-refractivity contribution >= 4 is 15.9 Å². The zero-order valence-electron chi connectivity index (χ0n) is 9.98. The highest BCUT2D eigenvalue weighted by atomic mass is 79.9. The van der Waals surface area contributed by atoms with Crippen molar-refractivity contribution in [2.24, 2.45) is 0 Å². The summed E-state index contributed by atoms with van der Waals surface area (Å²) in [6, 6.07) is 5.55. The third-order valence-electron chi connectivity index (χ3n) is 2.37. The van der Waals surface area contributed by atoms with Crippen molar-refractivity contribution in [1.82, 2.24) is 5.32 Å². The predicted octanol–water partition coefficient (Wildman–Crippen LogP) is 3.89. The molecular weight excluding hydrogens is 311 g/mol. The Hall–Kier alpha value is -0.750. The van der Waals surface area contributed by atoms with E-state index in [-0.39, 0.29) is 6.42 Å². The van der Waals surface area contributed by atoms with Crippen LogP contribution in [0.3, 0.4) is 0 Å². The third kappa shape index (κ3) is 5.73. The maximum atomic E-state index is 11.9. The predicted molar refractivity (Wildman–Crippen MR) is 67.7 cm³/mol. The second kappa shape index (κ2) is 6.99. The molecule has 0 aliphatic carbocycles. The Balaban J connectivity index is 2.37. The average Bonchev–Trinajstić information content (AvgIpc) is 2.27. The number of rotatable bonds is 6. The maximum Gasteiger partial charge on any atom is 0.389 e. The first-order valence-corrected chi connectivity index (χ1v) is 6.31. The quantitative estimate of drug-likeness (QED) is 0.801. The van der Waals surface area contributed by atoms with Crippen LogP contribution in [-0.4, -0.2) is 19.8 Å². The molecule has 1 rings (SSSR count). The van der Waals surface area contributed by atoms with E-state index < -0.39 is 12.6 Å². The van der Waals surface area contributed by atoms with Crippen molar-refractivity contribution in [3.63, 3.8) is 0 Å². The fourth-order valence-corrected chi connectivity index (χ4v) is 1.93. The summed E-state index contributed by atoms with van der Waals surface area (Å²) in [6.45, 7) is 0.815. The van der Waals surface area contributed by atoms with Crippen molar-refractivity contribution in [2.75, 3.05) is 13.7 Å². The molecule has 1 aromatic rings. The lowest BCUT2D eigenvalue weighted by atomic mass is 10.2. The van der Waals surface area contributed by atoms with Crippen LogP contribution in [-0.2, 0) is 6.54 Å². The molecule has 0 spiro atoms. The lowest BCUT2D eigenvalue weighted by Crippen LogP contribution is -2.18. The van der Waals surface area contributed by atoms with Crippen LogP contribution in [0.15, 0.2) is 22.7 Å². The smallest absolute Gasteiger partial charge is 0.389 e. The van der Waals surface area contributed by atoms with Gasteiger partial charge in [-0.1, -0.05) is 15.9 Å². The maximum absolute atomic E-state index is 11.9. The summed E-state index contributed by atoms with van der Waals surface area (Å²) in [5.41, 5.74) is 0.916. The van der Waals surface area contributed by atoms with E-state index in [2.05, 4.69) is 21.2 Å². The van der Waals surface area contributed by atoms with Crippen LogP contribution in [0.1, 0.15) is 18.4 Å². The number of hydrogen-bond acceptors (Lipinski definition) is 2. The topological polar surface area (TPSA) is 21.3 Å². The third-order valence-corrected chi connectivity index (χ3v) is 2.86. The highest BCUT2D eigenvalue weighted by Crippen LogP contribution is 2.23. The van der Waals surface area contributed by atoms with E-state index in [1.165, 1.54) is 0 Å². The molecule has 0 unspecified atom stereocenters. The molecule has 0 saturated heterocycles. The van der Waals surface area contributed by atoms with Crippen molar-refractivity contribution in [3.8, 4) is 5.75 Å². The van der Waals surface area contributed by atoms with Crippen LogP contribution in [0.5, 0.6) is 5.75 Å². The molecule has 2 nitrogen and oxygen atoms in total. The summed E-state index contributed by atoms with van der Waals surface area (Å²) in [4.78, 5) is 0. The minimum Gasteiger partial charge on any atom is -0.496 e. The van der Waals surface area contributed by atoms with Crippen LogP contribution >= 0.6 is 15.9 Å². The van der Waals surface area contributed by atoms with Crippen molar-refractivity contribution in [3.05, 3.63) is 28.2 Å². The number of ether oxygens (including phenoxy) is 1. The van der Waals surface area contributed by atoms with E-state index >= 15 is 0 Å². The Labute approximate surface area is 113 Å². The Morgan fingerprint density at radius 2 is 2.06 bits per heavy atom. The van der Waals surface area contributed by atoms with E-state index in [1.54, 1.807) is 7.11 Å². The molecule has 18 heavy (non-hydrogen) atoms. The fourth-order valence-electron chi connectivity index (χ4n) is 1.52. The summed E-state index contributed by atoms with van der Waals surface area (Å²) in [5, 5.41) is 2.98. The molecule has 6 heteroatoms. The lowest BCUT2D eigenvalue weighted by Gasteiger charge is -2.11. The van der Waals surface area contributed by atoms with Crippen molar-refractivity contribution in [1.29, 1.82) is 0 Å². The van der Waals surface area contributed by atoms with E-state index in [1.807, 2.05) is 18.2 Å². The highest BCUT2D eigenvalue weighted by molar-refractivity contribution is 9.10. The monoisotopic (exact) mass is 325 g/mol. The summed E-state index contributed by atoms with van der Waals surface area (Å²) in [6.07, 6.45) is -4.75. The summed E-state index contributed by atoms with van der Waals surface area (Å²) < 4.78 is 41.9. The van der Waals surface area contributed by atoms with Gasteiger partial charge in [0.1, 0.15) is 5.75 Å². The number of halogens is 4. The largest absolute Gasteiger partial charge is 0.496 e. The van der Waals surface area contributed by atoms with Gasteiger partial charge in [-0.15, -0.1) is 0 Å². The number of hydrogen-bond donors (Lipinski definition) is 1. The summed E-state index contributed by atoms with van der Waals surface area (Å²) in [5.74, 6) is 0.724. The molecular formula is C12H15BrF3NO. The first-order chi connectivity index (χ1) is 8.42. The van der Waals surface area contributed by atoms with Crippen LogP contribution in [0.2, 0.25) is 0 Å². The van der Waals surface area contributed by atoms with Gasteiger partial charge in [-0.05, 0) is 31.2 Å². The van der Waals surface area contributed by atoms with Gasteiger partial charge in [0.05, 0.1) is 7.11 Å². The molecule has 0 aliphatic rings. The Bertz CT molecular complexity index is 382. The van der Waals surface area contributed by atoms with E-state index in [0.717, 1.165) is 15.8 Å². The van der Waals surface area contributed by atoms with Gasteiger partial charge < -0.3 is 10.1 Å². The number of methoxy groups -OCH3 is 1. The van der Waals surface area contributed by atoms with Crippen LogP contribution in [0.4, 0.5) is 13.2 Å². The Kier molecular flexibility index (Phi) is 5.95. The molecule has 0 heterocycles. The molecule has 0 radical (unpaired) electrons. The van der Waals surface area contributed by atoms with Gasteiger partial charge in [0, 0.05) is 23.0 Å². The van der Waals surface area contributed by atoms with E-state index in [0.29, 0.717) is 13.1 Å². The minimum absolute atomic E-state index is 0.0832. The standard InChI is InChI=1S/C12H15BrF3NO/c1-18-11-4-3-10(13)7-9(11)8-17-6-2-5-12(14,15)16/h3-4,7,17H,2,5-6,8H2,1H3. The SMILES string of the molecule is COc1ccc(Br)cc1CNCCCC(F)(F)F. The minimum atomic E-state index is -4.07. The molecule has 0 atom stereocenters. The van der Waals surface area contributed by atoms with Crippen molar-refractivity contribution < 1.29 is 17.9 Å². The molecule has 0 aromatic heterocycles. The average molecular weight is 326 g/mol. The lowest BCUT2D eigenvalue weighted by molar-refractivity contribution is -0.135. The second-order valence-corrected chi connectivity index (χ2v) is 4.77. The second-order valence-electron chi connectivity index (χ2n) is 3.85. The van der Waals surface area contributed by atoms with Crippen LogP contribution < -0.4 is 10.1 Å². The first kappa shape index (κ1) is 15.3. The fraction of sp³-hybridized carbons (Fsp3) is 0.500. The molecule has 0 fully saturated rings. The molecule has 0 amide bonds. The number of alkyl halides is 3. The zero-order valence-corrected chi connectivity index (χ0v) is 11.6. The molecule has 0 saturated carbocycles. The zero-order chi connectivity index (χ0) is 13.6. The summed E-state index contributed by atoms with van der Waals surface area (Å²) in [7, 11) is 1.57. The van der Waals surface area contributed by atoms with Gasteiger partial charge in [0.2, 0.25) is 0 Å². The van der Waals surface area contributed by atoms with Gasteiger partial charge >= 0.3 is 6.18 Å². The molecule has 0 bridgehead atoms. The van der Waals surface area contributed by atoms with Crippen molar-refractivity contribution in [2.45, 2.75) is 25.6 Å². The van der Waals surface area contributed by atoms with E-state index in [9.17, 15) is 13.2 Å². The molecule has 1 aromatic carbocycles. The van der Waals surface area contributed by atoms with Crippen LogP contribution in [0.25, 0.3) is 0 Å². The highest BCUT2D eigenvalue weighted by Gasteiger charge is 2.25. The summed E-state index contributed by atoms with van der Waals surface area (Å²) >= 11 is 3.34. The molecule has 102 valence electrons. The van der Waals surface area contributed by atoms with Gasteiger partial charge in [-0.25, -0.2) is 0 Å². The molecule has 0 aliphatic heterocycles. The van der Waals surface area contributed by atoms with Gasteiger partial charge in [-0.3, -0.25) is 0 Å². The van der Waals surface area contributed by atoms with Gasteiger partial charge in [-0.2, -0.15) is 13.2 Å².